The standard InChI is InChI=1S/C29H30F3N3O3S/c1-33-27(36)22-4-2-3-21(19-22)20-5-11-26(12-6-20)39(37,38)35-17-13-25(14-18-35)34-24-9-7-23(8-10-24)28(15-16-28)29(30,31)32/h2-12,19,25,34H,13-18H2,1H3,(H,33,36). The molecule has 2 fully saturated rings. The second-order valence-corrected chi connectivity index (χ2v) is 12.1. The number of carbonyl (C=O) groups excluding carboxylic acids is 1. The van der Waals surface area contributed by atoms with Crippen molar-refractivity contribution in [2.45, 2.75) is 48.2 Å². The summed E-state index contributed by atoms with van der Waals surface area (Å²) in [4.78, 5) is 12.1. The zero-order valence-electron chi connectivity index (χ0n) is 21.5. The average molecular weight is 558 g/mol. The number of halogens is 3. The van der Waals surface area contributed by atoms with Gasteiger partial charge in [0.15, 0.2) is 0 Å². The number of anilines is 1. The fourth-order valence-corrected chi connectivity index (χ4v) is 6.64. The van der Waals surface area contributed by atoms with E-state index < -0.39 is 21.6 Å². The van der Waals surface area contributed by atoms with Crippen LogP contribution in [0.4, 0.5) is 18.9 Å². The molecule has 1 aliphatic heterocycles. The normalized spacial score (nSPS) is 17.9. The molecule has 0 atom stereocenters. The van der Waals surface area contributed by atoms with Gasteiger partial charge in [-0.3, -0.25) is 4.79 Å². The number of amides is 1. The highest BCUT2D eigenvalue weighted by Crippen LogP contribution is 2.58. The third-order valence-electron chi connectivity index (χ3n) is 7.73. The highest BCUT2D eigenvalue weighted by Gasteiger charge is 2.64. The first-order valence-corrected chi connectivity index (χ1v) is 14.3. The van der Waals surface area contributed by atoms with E-state index in [1.165, 1.54) is 4.31 Å². The molecule has 39 heavy (non-hydrogen) atoms. The molecule has 3 aromatic rings. The fraction of sp³-hybridized carbons (Fsp3) is 0.345. The van der Waals surface area contributed by atoms with Crippen LogP contribution in [0.2, 0.25) is 0 Å². The summed E-state index contributed by atoms with van der Waals surface area (Å²) < 4.78 is 68.1. The van der Waals surface area contributed by atoms with Crippen LogP contribution in [-0.4, -0.2) is 51.0 Å². The Balaban J connectivity index is 1.19. The maximum atomic E-state index is 13.4. The van der Waals surface area contributed by atoms with E-state index in [1.807, 2.05) is 6.07 Å². The number of carbonyl (C=O) groups is 1. The summed E-state index contributed by atoms with van der Waals surface area (Å²) in [5, 5.41) is 5.93. The largest absolute Gasteiger partial charge is 0.398 e. The molecular formula is C29H30F3N3O3S. The first-order chi connectivity index (χ1) is 18.5. The van der Waals surface area contributed by atoms with Crippen LogP contribution in [0.1, 0.15) is 41.6 Å². The number of hydrogen-bond donors (Lipinski definition) is 2. The minimum Gasteiger partial charge on any atom is -0.382 e. The zero-order chi connectivity index (χ0) is 27.8. The van der Waals surface area contributed by atoms with E-state index in [0.29, 0.717) is 37.1 Å². The molecule has 10 heteroatoms. The van der Waals surface area contributed by atoms with Crippen LogP contribution in [0.25, 0.3) is 11.1 Å². The van der Waals surface area contributed by atoms with Gasteiger partial charge < -0.3 is 10.6 Å². The van der Waals surface area contributed by atoms with Gasteiger partial charge in [0.1, 0.15) is 0 Å². The summed E-state index contributed by atoms with van der Waals surface area (Å²) in [6.45, 7) is 0.677. The van der Waals surface area contributed by atoms with Crippen LogP contribution in [0.5, 0.6) is 0 Å². The highest BCUT2D eigenvalue weighted by atomic mass is 32.2. The molecule has 3 aromatic carbocycles. The van der Waals surface area contributed by atoms with Crippen LogP contribution in [0.3, 0.4) is 0 Å². The summed E-state index contributed by atoms with van der Waals surface area (Å²) in [6, 6.07) is 20.2. The van der Waals surface area contributed by atoms with Crippen LogP contribution >= 0.6 is 0 Å². The van der Waals surface area contributed by atoms with Gasteiger partial charge in [-0.25, -0.2) is 8.42 Å². The molecule has 2 N–H and O–H groups in total. The molecule has 0 unspecified atom stereocenters. The van der Waals surface area contributed by atoms with Crippen molar-refractivity contribution in [3.63, 3.8) is 0 Å². The van der Waals surface area contributed by atoms with E-state index in [1.54, 1.807) is 73.8 Å². The van der Waals surface area contributed by atoms with Crippen molar-refractivity contribution in [3.05, 3.63) is 83.9 Å². The van der Waals surface area contributed by atoms with Gasteiger partial charge in [0, 0.05) is 37.4 Å². The Bertz CT molecular complexity index is 1440. The molecule has 6 nitrogen and oxygen atoms in total. The molecule has 0 aromatic heterocycles. The first kappa shape index (κ1) is 27.2. The van der Waals surface area contributed by atoms with Gasteiger partial charge in [0.05, 0.1) is 10.3 Å². The molecular weight excluding hydrogens is 527 g/mol. The van der Waals surface area contributed by atoms with Crippen LogP contribution < -0.4 is 10.6 Å². The minimum atomic E-state index is -4.24. The second-order valence-electron chi connectivity index (χ2n) is 10.2. The van der Waals surface area contributed by atoms with Gasteiger partial charge in [0.25, 0.3) is 5.91 Å². The molecule has 1 aliphatic carbocycles. The Morgan fingerprint density at radius 1 is 0.923 bits per heavy atom. The molecule has 5 rings (SSSR count). The van der Waals surface area contributed by atoms with Crippen molar-refractivity contribution in [1.82, 2.24) is 9.62 Å². The smallest absolute Gasteiger partial charge is 0.382 e. The van der Waals surface area contributed by atoms with E-state index in [9.17, 15) is 26.4 Å². The average Bonchev–Trinajstić information content (AvgIpc) is 3.76. The summed E-state index contributed by atoms with van der Waals surface area (Å²) in [5.41, 5.74) is 1.47. The number of alkyl halides is 3. The maximum absolute atomic E-state index is 13.4. The lowest BCUT2D eigenvalue weighted by Crippen LogP contribution is -2.42. The summed E-state index contributed by atoms with van der Waals surface area (Å²) in [7, 11) is -2.11. The second kappa shape index (κ2) is 10.3. The Kier molecular flexibility index (Phi) is 7.19. The Morgan fingerprint density at radius 2 is 1.56 bits per heavy atom. The van der Waals surface area contributed by atoms with Gasteiger partial charge in [-0.2, -0.15) is 17.5 Å². The van der Waals surface area contributed by atoms with E-state index >= 15 is 0 Å². The third kappa shape index (κ3) is 5.40. The third-order valence-corrected chi connectivity index (χ3v) is 9.64. The van der Waals surface area contributed by atoms with Crippen LogP contribution in [-0.2, 0) is 15.4 Å². The Morgan fingerprint density at radius 3 is 2.13 bits per heavy atom. The highest BCUT2D eigenvalue weighted by molar-refractivity contribution is 7.89. The van der Waals surface area contributed by atoms with Crippen LogP contribution in [0.15, 0.2) is 77.7 Å². The zero-order valence-corrected chi connectivity index (χ0v) is 22.3. The van der Waals surface area contributed by atoms with E-state index in [2.05, 4.69) is 10.6 Å². The molecule has 0 radical (unpaired) electrons. The number of nitrogens with one attached hydrogen (secondary N) is 2. The molecule has 1 saturated carbocycles. The van der Waals surface area contributed by atoms with Gasteiger partial charge in [-0.1, -0.05) is 36.4 Å². The fourth-order valence-electron chi connectivity index (χ4n) is 5.18. The number of hydrogen-bond acceptors (Lipinski definition) is 4. The lowest BCUT2D eigenvalue weighted by atomic mass is 9.95. The van der Waals surface area contributed by atoms with Crippen molar-refractivity contribution in [3.8, 4) is 11.1 Å². The molecule has 0 bridgehead atoms. The Hall–Kier alpha value is -3.37. The molecule has 206 valence electrons. The summed E-state index contributed by atoms with van der Waals surface area (Å²) in [5.74, 6) is -0.195. The number of sulfonamides is 1. The van der Waals surface area contributed by atoms with E-state index in [-0.39, 0.29) is 29.7 Å². The molecule has 1 amide bonds. The lowest BCUT2D eigenvalue weighted by molar-refractivity contribution is -0.160. The maximum Gasteiger partial charge on any atom is 0.398 e. The SMILES string of the molecule is CNC(=O)c1cccc(-c2ccc(S(=O)(=O)N3CCC(Nc4ccc(C5(C(F)(F)F)CC5)cc4)CC3)cc2)c1. The summed E-state index contributed by atoms with van der Waals surface area (Å²) in [6.07, 6.45) is -2.82. The molecule has 2 aliphatic rings. The van der Waals surface area contributed by atoms with Crippen molar-refractivity contribution >= 4 is 21.6 Å². The van der Waals surface area contributed by atoms with Gasteiger partial charge in [-0.15, -0.1) is 0 Å². The Labute approximate surface area is 226 Å². The lowest BCUT2D eigenvalue weighted by Gasteiger charge is -2.32. The van der Waals surface area contributed by atoms with E-state index in [4.69, 9.17) is 0 Å². The summed E-state index contributed by atoms with van der Waals surface area (Å²) >= 11 is 0. The van der Waals surface area contributed by atoms with Gasteiger partial charge in [-0.05, 0) is 78.8 Å². The quantitative estimate of drug-likeness (QED) is 0.398. The van der Waals surface area contributed by atoms with Crippen molar-refractivity contribution in [1.29, 1.82) is 0 Å². The number of benzene rings is 3. The minimum absolute atomic E-state index is 0.0229. The first-order valence-electron chi connectivity index (χ1n) is 12.9. The molecule has 0 spiro atoms. The van der Waals surface area contributed by atoms with Crippen molar-refractivity contribution < 1.29 is 26.4 Å². The number of rotatable bonds is 7. The molecule has 1 heterocycles. The van der Waals surface area contributed by atoms with E-state index in [0.717, 1.165) is 16.8 Å². The van der Waals surface area contributed by atoms with Gasteiger partial charge in [0.2, 0.25) is 10.0 Å². The van der Waals surface area contributed by atoms with Crippen molar-refractivity contribution in [2.24, 2.45) is 0 Å². The predicted octanol–water partition coefficient (Wildman–Crippen LogP) is 5.57. The number of nitrogens with zero attached hydrogens (tertiary/aromatic N) is 1. The van der Waals surface area contributed by atoms with Crippen molar-refractivity contribution in [2.75, 3.05) is 25.5 Å². The monoisotopic (exact) mass is 557 g/mol. The molecule has 1 saturated heterocycles. The van der Waals surface area contributed by atoms with Crippen LogP contribution in [0, 0.1) is 0 Å². The predicted molar refractivity (Wildman–Crippen MR) is 144 cm³/mol. The number of piperidine rings is 1. The topological polar surface area (TPSA) is 78.5 Å². The van der Waals surface area contributed by atoms with Gasteiger partial charge >= 0.3 is 6.18 Å².